The van der Waals surface area contributed by atoms with Gasteiger partial charge in [0.15, 0.2) is 0 Å². The lowest BCUT2D eigenvalue weighted by atomic mass is 9.94. The number of hydrogen-bond acceptors (Lipinski definition) is 4. The molecule has 0 bridgehead atoms. The second-order valence-corrected chi connectivity index (χ2v) is 6.22. The van der Waals surface area contributed by atoms with Gasteiger partial charge in [-0.1, -0.05) is 0 Å². The van der Waals surface area contributed by atoms with Gasteiger partial charge in [-0.05, 0) is 32.4 Å². The number of rotatable bonds is 3. The largest absolute Gasteiger partial charge is 0.353 e. The predicted molar refractivity (Wildman–Crippen MR) is 81.3 cm³/mol. The maximum Gasteiger partial charge on any atom is 0.239 e. The van der Waals surface area contributed by atoms with Gasteiger partial charge in [0.1, 0.15) is 0 Å². The second-order valence-electron chi connectivity index (χ2n) is 6.22. The fraction of sp³-hybridized carbons (Fsp3) is 0.667. The minimum Gasteiger partial charge on any atom is -0.353 e. The summed E-state index contributed by atoms with van der Waals surface area (Å²) in [5.41, 5.74) is 2.16. The average Bonchev–Trinajstić information content (AvgIpc) is 2.94. The minimum absolute atomic E-state index is 0.0497. The molecule has 0 saturated carbocycles. The number of piperazine rings is 1. The van der Waals surface area contributed by atoms with Crippen LogP contribution in [0.25, 0.3) is 0 Å². The highest BCUT2D eigenvalue weighted by atomic mass is 16.2. The van der Waals surface area contributed by atoms with E-state index in [4.69, 9.17) is 0 Å². The molecule has 0 spiro atoms. The normalized spacial score (nSPS) is 23.4. The van der Waals surface area contributed by atoms with Gasteiger partial charge in [0, 0.05) is 31.2 Å². The number of amides is 2. The Labute approximate surface area is 130 Å². The molecular weight excluding hydrogens is 282 g/mol. The highest BCUT2D eigenvalue weighted by molar-refractivity contribution is 5.86. The van der Waals surface area contributed by atoms with E-state index < -0.39 is 0 Å². The number of carbonyl (C=O) groups excluding carboxylic acids is 2. The quantitative estimate of drug-likeness (QED) is 0.814. The van der Waals surface area contributed by atoms with Gasteiger partial charge < -0.3 is 10.2 Å². The zero-order valence-corrected chi connectivity index (χ0v) is 13.0. The number of aryl methyl sites for hydroxylation is 1. The fourth-order valence-corrected chi connectivity index (χ4v) is 3.23. The van der Waals surface area contributed by atoms with E-state index in [1.807, 2.05) is 6.92 Å². The Balaban J connectivity index is 1.56. The highest BCUT2D eigenvalue weighted by Gasteiger charge is 2.27. The Morgan fingerprint density at radius 3 is 3.05 bits per heavy atom. The first-order valence-electron chi connectivity index (χ1n) is 7.90. The lowest BCUT2D eigenvalue weighted by Crippen LogP contribution is -2.53. The lowest BCUT2D eigenvalue weighted by molar-refractivity contribution is -0.139. The average molecular weight is 305 g/mol. The van der Waals surface area contributed by atoms with Crippen LogP contribution in [0.5, 0.6) is 0 Å². The molecule has 1 aromatic rings. The molecule has 2 N–H and O–H groups in total. The van der Waals surface area contributed by atoms with Gasteiger partial charge in [0.05, 0.1) is 18.8 Å². The summed E-state index contributed by atoms with van der Waals surface area (Å²) in [6.07, 6.45) is 2.19. The molecule has 0 aliphatic carbocycles. The van der Waals surface area contributed by atoms with Gasteiger partial charge in [0.2, 0.25) is 11.8 Å². The summed E-state index contributed by atoms with van der Waals surface area (Å²) < 4.78 is 0. The molecule has 2 aliphatic rings. The van der Waals surface area contributed by atoms with Crippen LogP contribution in [0.3, 0.4) is 0 Å². The summed E-state index contributed by atoms with van der Waals surface area (Å²) in [6, 6.07) is 2.09. The van der Waals surface area contributed by atoms with Gasteiger partial charge >= 0.3 is 0 Å². The lowest BCUT2D eigenvalue weighted by Gasteiger charge is -2.34. The molecule has 1 aromatic heterocycles. The van der Waals surface area contributed by atoms with E-state index >= 15 is 0 Å². The summed E-state index contributed by atoms with van der Waals surface area (Å²) in [4.78, 5) is 27.6. The van der Waals surface area contributed by atoms with Crippen molar-refractivity contribution in [2.75, 3.05) is 39.3 Å². The van der Waals surface area contributed by atoms with Gasteiger partial charge in [-0.3, -0.25) is 19.6 Å². The molecule has 2 amide bonds. The molecule has 7 heteroatoms. The number of aromatic amines is 1. The van der Waals surface area contributed by atoms with Crippen molar-refractivity contribution < 1.29 is 9.59 Å². The maximum absolute atomic E-state index is 12.3. The molecule has 3 rings (SSSR count). The number of nitrogens with one attached hydrogen (secondary N) is 2. The number of carbonyl (C=O) groups is 2. The van der Waals surface area contributed by atoms with Gasteiger partial charge in [-0.25, -0.2) is 0 Å². The monoisotopic (exact) mass is 305 g/mol. The SMILES string of the molecule is Cc1cc([C@@H]2CCCN(CC(=O)N3CCNC(=O)C3)C2)n[nH]1. The van der Waals surface area contributed by atoms with Crippen LogP contribution in [0.1, 0.15) is 30.1 Å². The first-order chi connectivity index (χ1) is 10.6. The minimum atomic E-state index is -0.0666. The Morgan fingerprint density at radius 1 is 1.45 bits per heavy atom. The van der Waals surface area contributed by atoms with Crippen molar-refractivity contribution in [1.29, 1.82) is 0 Å². The zero-order valence-electron chi connectivity index (χ0n) is 13.0. The molecule has 7 nitrogen and oxygen atoms in total. The molecule has 0 radical (unpaired) electrons. The molecule has 2 fully saturated rings. The molecule has 0 unspecified atom stereocenters. The molecule has 22 heavy (non-hydrogen) atoms. The molecule has 120 valence electrons. The summed E-state index contributed by atoms with van der Waals surface area (Å²) >= 11 is 0. The standard InChI is InChI=1S/C15H23N5O2/c1-11-7-13(18-17-11)12-3-2-5-19(8-12)10-15(22)20-6-4-16-14(21)9-20/h7,12H,2-6,8-10H2,1H3,(H,16,21)(H,17,18)/t12-/m1/s1. The van der Waals surface area contributed by atoms with Crippen LogP contribution in [0.2, 0.25) is 0 Å². The molecule has 1 atom stereocenters. The van der Waals surface area contributed by atoms with E-state index in [1.165, 1.54) is 0 Å². The van der Waals surface area contributed by atoms with Crippen LogP contribution in [-0.4, -0.2) is 71.1 Å². The van der Waals surface area contributed by atoms with Crippen molar-refractivity contribution in [2.45, 2.75) is 25.7 Å². The van der Waals surface area contributed by atoms with Crippen LogP contribution in [-0.2, 0) is 9.59 Å². The number of aromatic nitrogens is 2. The highest BCUT2D eigenvalue weighted by Crippen LogP contribution is 2.25. The van der Waals surface area contributed by atoms with Crippen molar-refractivity contribution in [1.82, 2.24) is 25.3 Å². The first kappa shape index (κ1) is 15.0. The smallest absolute Gasteiger partial charge is 0.239 e. The van der Waals surface area contributed by atoms with Crippen molar-refractivity contribution in [3.05, 3.63) is 17.5 Å². The third-order valence-electron chi connectivity index (χ3n) is 4.40. The number of likely N-dealkylation sites (tertiary alicyclic amines) is 1. The summed E-state index contributed by atoms with van der Waals surface area (Å²) in [6.45, 7) is 5.55. The number of piperidine rings is 1. The van der Waals surface area contributed by atoms with Gasteiger partial charge in [-0.2, -0.15) is 5.10 Å². The zero-order chi connectivity index (χ0) is 15.5. The van der Waals surface area contributed by atoms with Crippen molar-refractivity contribution in [3.63, 3.8) is 0 Å². The number of hydrogen-bond donors (Lipinski definition) is 2. The third kappa shape index (κ3) is 3.47. The van der Waals surface area contributed by atoms with Crippen molar-refractivity contribution in [2.24, 2.45) is 0 Å². The summed E-state index contributed by atoms with van der Waals surface area (Å²) in [5, 5.41) is 10.1. The van der Waals surface area contributed by atoms with Crippen LogP contribution in [0.4, 0.5) is 0 Å². The van der Waals surface area contributed by atoms with E-state index in [0.29, 0.717) is 25.6 Å². The maximum atomic E-state index is 12.3. The van der Waals surface area contributed by atoms with Crippen molar-refractivity contribution >= 4 is 11.8 Å². The molecular formula is C15H23N5O2. The first-order valence-corrected chi connectivity index (χ1v) is 7.90. The van der Waals surface area contributed by atoms with Gasteiger partial charge in [0.25, 0.3) is 0 Å². The van der Waals surface area contributed by atoms with Gasteiger partial charge in [-0.15, -0.1) is 0 Å². The Kier molecular flexibility index (Phi) is 4.42. The number of nitrogens with zero attached hydrogens (tertiary/aromatic N) is 3. The third-order valence-corrected chi connectivity index (χ3v) is 4.40. The second kappa shape index (κ2) is 6.48. The van der Waals surface area contributed by atoms with E-state index in [9.17, 15) is 9.59 Å². The van der Waals surface area contributed by atoms with Crippen LogP contribution >= 0.6 is 0 Å². The summed E-state index contributed by atoms with van der Waals surface area (Å²) in [5.74, 6) is 0.369. The molecule has 0 aromatic carbocycles. The molecule has 3 heterocycles. The van der Waals surface area contributed by atoms with Crippen LogP contribution < -0.4 is 5.32 Å². The Bertz CT molecular complexity index is 556. The Morgan fingerprint density at radius 2 is 2.32 bits per heavy atom. The van der Waals surface area contributed by atoms with E-state index in [0.717, 1.165) is 37.3 Å². The molecule has 2 aliphatic heterocycles. The summed E-state index contributed by atoms with van der Waals surface area (Å²) in [7, 11) is 0. The van der Waals surface area contributed by atoms with E-state index in [-0.39, 0.29) is 18.4 Å². The topological polar surface area (TPSA) is 81.3 Å². The van der Waals surface area contributed by atoms with Crippen molar-refractivity contribution in [3.8, 4) is 0 Å². The molecule has 2 saturated heterocycles. The van der Waals surface area contributed by atoms with E-state index in [1.54, 1.807) is 4.90 Å². The van der Waals surface area contributed by atoms with Crippen LogP contribution in [0, 0.1) is 6.92 Å². The number of H-pyrrole nitrogens is 1. The Hall–Kier alpha value is -1.89. The van der Waals surface area contributed by atoms with E-state index in [2.05, 4.69) is 26.5 Å². The van der Waals surface area contributed by atoms with Crippen LogP contribution in [0.15, 0.2) is 6.07 Å². The fourth-order valence-electron chi connectivity index (χ4n) is 3.23. The predicted octanol–water partition coefficient (Wildman–Crippen LogP) is -0.144.